The summed E-state index contributed by atoms with van der Waals surface area (Å²) in [7, 11) is 1.78. The summed E-state index contributed by atoms with van der Waals surface area (Å²) < 4.78 is 7.16. The summed E-state index contributed by atoms with van der Waals surface area (Å²) in [4.78, 5) is 12.3. The van der Waals surface area contributed by atoms with Crippen molar-refractivity contribution in [2.75, 3.05) is 0 Å². The van der Waals surface area contributed by atoms with Gasteiger partial charge in [0.1, 0.15) is 17.4 Å². The lowest BCUT2D eigenvalue weighted by Crippen LogP contribution is -2.28. The summed E-state index contributed by atoms with van der Waals surface area (Å²) in [6.07, 6.45) is 3.55. The van der Waals surface area contributed by atoms with Gasteiger partial charge in [0.15, 0.2) is 5.78 Å². The Balaban J connectivity index is 2.21. The molecule has 6 heteroatoms. The smallest absolute Gasteiger partial charge is 0.205 e. The van der Waals surface area contributed by atoms with Crippen LogP contribution in [0.15, 0.2) is 35.1 Å². The molecule has 0 bridgehead atoms. The largest absolute Gasteiger partial charge is 0.444 e. The molecule has 1 aliphatic heterocycles. The number of hydrogen-bond acceptors (Lipinski definition) is 5. The first-order valence-electron chi connectivity index (χ1n) is 6.45. The average Bonchev–Trinajstić information content (AvgIpc) is 2.83. The van der Waals surface area contributed by atoms with Gasteiger partial charge in [-0.1, -0.05) is 0 Å². The highest BCUT2D eigenvalue weighted by atomic mass is 16.5. The van der Waals surface area contributed by atoms with E-state index in [1.165, 1.54) is 0 Å². The molecule has 1 unspecified atom stereocenters. The van der Waals surface area contributed by atoms with Crippen molar-refractivity contribution in [1.82, 2.24) is 9.78 Å². The maximum atomic E-state index is 12.3. The van der Waals surface area contributed by atoms with Crippen molar-refractivity contribution in [1.29, 1.82) is 5.26 Å². The van der Waals surface area contributed by atoms with Crippen molar-refractivity contribution in [2.24, 2.45) is 12.8 Å². The first kappa shape index (κ1) is 12.5. The maximum absolute atomic E-state index is 12.3. The van der Waals surface area contributed by atoms with Crippen LogP contribution in [0.5, 0.6) is 0 Å². The normalized spacial score (nSPS) is 22.4. The zero-order valence-corrected chi connectivity index (χ0v) is 11.1. The van der Waals surface area contributed by atoms with Gasteiger partial charge in [0.2, 0.25) is 5.88 Å². The van der Waals surface area contributed by atoms with Crippen LogP contribution in [0.1, 0.15) is 30.9 Å². The summed E-state index contributed by atoms with van der Waals surface area (Å²) in [6.45, 7) is 0. The van der Waals surface area contributed by atoms with E-state index in [0.717, 1.165) is 12.1 Å². The minimum absolute atomic E-state index is 0.0256. The van der Waals surface area contributed by atoms with Gasteiger partial charge in [-0.25, -0.2) is 0 Å². The first-order valence-corrected chi connectivity index (χ1v) is 6.45. The van der Waals surface area contributed by atoms with Crippen LogP contribution in [0.3, 0.4) is 0 Å². The number of nitrogens with zero attached hydrogens (tertiary/aromatic N) is 3. The van der Waals surface area contributed by atoms with Crippen LogP contribution in [0, 0.1) is 11.3 Å². The minimum Gasteiger partial charge on any atom is -0.444 e. The van der Waals surface area contributed by atoms with Crippen molar-refractivity contribution in [3.8, 4) is 6.07 Å². The first-order chi connectivity index (χ1) is 9.63. The maximum Gasteiger partial charge on any atom is 0.205 e. The van der Waals surface area contributed by atoms with Gasteiger partial charge in [-0.05, 0) is 12.5 Å². The second-order valence-corrected chi connectivity index (χ2v) is 4.92. The molecule has 2 heterocycles. The SMILES string of the molecule is Cn1nccc1C1C(C#N)=C(N)OC2=C1C(=O)CCC2. The highest BCUT2D eigenvalue weighted by molar-refractivity contribution is 5.99. The van der Waals surface area contributed by atoms with E-state index in [9.17, 15) is 10.1 Å². The molecule has 6 nitrogen and oxygen atoms in total. The summed E-state index contributed by atoms with van der Waals surface area (Å²) >= 11 is 0. The monoisotopic (exact) mass is 270 g/mol. The van der Waals surface area contributed by atoms with E-state index >= 15 is 0 Å². The number of nitrogens with two attached hydrogens (primary N) is 1. The molecule has 1 aromatic rings. The van der Waals surface area contributed by atoms with E-state index in [1.54, 1.807) is 24.0 Å². The molecule has 1 atom stereocenters. The third-order valence-corrected chi connectivity index (χ3v) is 3.76. The molecule has 3 rings (SSSR count). The zero-order chi connectivity index (χ0) is 14.3. The third-order valence-electron chi connectivity index (χ3n) is 3.76. The Morgan fingerprint density at radius 3 is 3.00 bits per heavy atom. The van der Waals surface area contributed by atoms with Crippen LogP contribution in [0.2, 0.25) is 0 Å². The Hall–Kier alpha value is -2.55. The van der Waals surface area contributed by atoms with Crippen LogP contribution < -0.4 is 5.73 Å². The minimum atomic E-state index is -0.468. The number of nitriles is 1. The highest BCUT2D eigenvalue weighted by Crippen LogP contribution is 2.42. The number of aromatic nitrogens is 2. The van der Waals surface area contributed by atoms with E-state index in [0.29, 0.717) is 24.2 Å². The molecule has 102 valence electrons. The molecule has 2 aliphatic rings. The van der Waals surface area contributed by atoms with Gasteiger partial charge in [-0.2, -0.15) is 10.4 Å². The predicted molar refractivity (Wildman–Crippen MR) is 69.7 cm³/mol. The number of carbonyl (C=O) groups excluding carboxylic acids is 1. The molecular weight excluding hydrogens is 256 g/mol. The standard InChI is InChI=1S/C14H14N4O2/c1-18-9(5-6-17-18)12-8(7-15)14(16)20-11-4-2-3-10(19)13(11)12/h5-6,12H,2-4,16H2,1H3. The van der Waals surface area contributed by atoms with Gasteiger partial charge >= 0.3 is 0 Å². The number of ketones is 1. The summed E-state index contributed by atoms with van der Waals surface area (Å²) in [5, 5.41) is 13.5. The Morgan fingerprint density at radius 1 is 1.55 bits per heavy atom. The van der Waals surface area contributed by atoms with Crippen LogP contribution >= 0.6 is 0 Å². The molecule has 0 saturated carbocycles. The lowest BCUT2D eigenvalue weighted by molar-refractivity contribution is -0.116. The van der Waals surface area contributed by atoms with Gasteiger partial charge in [0.05, 0.1) is 11.6 Å². The Labute approximate surface area is 116 Å². The van der Waals surface area contributed by atoms with Gasteiger partial charge < -0.3 is 10.5 Å². The average molecular weight is 270 g/mol. The summed E-state index contributed by atoms with van der Waals surface area (Å²) in [6, 6.07) is 3.87. The third kappa shape index (κ3) is 1.71. The fourth-order valence-corrected chi connectivity index (χ4v) is 2.82. The zero-order valence-electron chi connectivity index (χ0n) is 11.1. The molecule has 20 heavy (non-hydrogen) atoms. The summed E-state index contributed by atoms with van der Waals surface area (Å²) in [5.74, 6) is 0.248. The molecule has 0 fully saturated rings. The van der Waals surface area contributed by atoms with Crippen LogP contribution in [-0.2, 0) is 16.6 Å². The van der Waals surface area contributed by atoms with Crippen molar-refractivity contribution < 1.29 is 9.53 Å². The van der Waals surface area contributed by atoms with Gasteiger partial charge in [0, 0.05) is 31.7 Å². The molecule has 2 N–H and O–H groups in total. The lowest BCUT2D eigenvalue weighted by Gasteiger charge is -2.30. The number of aryl methyl sites for hydroxylation is 1. The molecule has 0 amide bonds. The Morgan fingerprint density at radius 2 is 2.35 bits per heavy atom. The van der Waals surface area contributed by atoms with Crippen molar-refractivity contribution in [2.45, 2.75) is 25.2 Å². The van der Waals surface area contributed by atoms with Crippen molar-refractivity contribution in [3.63, 3.8) is 0 Å². The summed E-state index contributed by atoms with van der Waals surface area (Å²) in [5.41, 5.74) is 7.46. The van der Waals surface area contributed by atoms with E-state index in [-0.39, 0.29) is 17.2 Å². The Bertz CT molecular complexity index is 690. The molecule has 0 aromatic carbocycles. The lowest BCUT2D eigenvalue weighted by atomic mass is 9.79. The van der Waals surface area contributed by atoms with E-state index in [4.69, 9.17) is 10.5 Å². The quantitative estimate of drug-likeness (QED) is 0.828. The fourth-order valence-electron chi connectivity index (χ4n) is 2.82. The molecule has 1 aromatic heterocycles. The number of allylic oxidation sites excluding steroid dienone is 3. The van der Waals surface area contributed by atoms with Crippen molar-refractivity contribution >= 4 is 5.78 Å². The molecule has 1 aliphatic carbocycles. The molecule has 0 radical (unpaired) electrons. The van der Waals surface area contributed by atoms with Crippen molar-refractivity contribution in [3.05, 3.63) is 40.7 Å². The van der Waals surface area contributed by atoms with Gasteiger partial charge in [-0.15, -0.1) is 0 Å². The van der Waals surface area contributed by atoms with Crippen LogP contribution in [0.25, 0.3) is 0 Å². The van der Waals surface area contributed by atoms with Crippen LogP contribution in [-0.4, -0.2) is 15.6 Å². The number of carbonyl (C=O) groups is 1. The van der Waals surface area contributed by atoms with Gasteiger partial charge in [-0.3, -0.25) is 9.48 Å². The number of ether oxygens (including phenoxy) is 1. The molecule has 0 spiro atoms. The second-order valence-electron chi connectivity index (χ2n) is 4.92. The predicted octanol–water partition coefficient (Wildman–Crippen LogP) is 1.23. The van der Waals surface area contributed by atoms with Crippen LogP contribution in [0.4, 0.5) is 0 Å². The van der Waals surface area contributed by atoms with Gasteiger partial charge in [0.25, 0.3) is 0 Å². The number of Topliss-reactive ketones (excluding diaryl/α,β-unsaturated/α-hetero) is 1. The Kier molecular flexibility index (Phi) is 2.83. The number of hydrogen-bond donors (Lipinski definition) is 1. The van der Waals surface area contributed by atoms with E-state index in [2.05, 4.69) is 11.2 Å². The van der Waals surface area contributed by atoms with E-state index in [1.807, 2.05) is 0 Å². The fraction of sp³-hybridized carbons (Fsp3) is 0.357. The molecule has 0 saturated heterocycles. The number of rotatable bonds is 1. The second kappa shape index (κ2) is 4.53. The topological polar surface area (TPSA) is 93.9 Å². The highest BCUT2D eigenvalue weighted by Gasteiger charge is 2.39. The molecular formula is C14H14N4O2. The van der Waals surface area contributed by atoms with E-state index < -0.39 is 5.92 Å².